The van der Waals surface area contributed by atoms with Crippen molar-refractivity contribution in [3.63, 3.8) is 0 Å². The number of carboxylic acid groups (broad SMARTS) is 1. The Labute approximate surface area is 108 Å². The van der Waals surface area contributed by atoms with E-state index >= 15 is 0 Å². The average molecular weight is 260 g/mol. The number of nitrogens with one attached hydrogen (secondary N) is 1. The van der Waals surface area contributed by atoms with Gasteiger partial charge in [-0.05, 0) is 19.1 Å². The second-order valence-corrected chi connectivity index (χ2v) is 3.94. The molecule has 0 aromatic carbocycles. The van der Waals surface area contributed by atoms with Crippen molar-refractivity contribution in [2.75, 3.05) is 5.32 Å². The molecule has 0 unspecified atom stereocenters. The van der Waals surface area contributed by atoms with E-state index in [-0.39, 0.29) is 12.5 Å². The van der Waals surface area contributed by atoms with E-state index in [2.05, 4.69) is 15.4 Å². The van der Waals surface area contributed by atoms with E-state index in [1.54, 1.807) is 25.1 Å². The second kappa shape index (κ2) is 5.30. The molecule has 2 aromatic rings. The summed E-state index contributed by atoms with van der Waals surface area (Å²) < 4.78 is 1.22. The number of rotatable bonds is 4. The lowest BCUT2D eigenvalue weighted by molar-refractivity contribution is -0.137. The lowest BCUT2D eigenvalue weighted by Crippen LogP contribution is -2.13. The molecule has 0 aliphatic carbocycles. The molecule has 0 radical (unpaired) electrons. The Bertz CT molecular complexity index is 621. The normalized spacial score (nSPS) is 10.2. The molecule has 2 N–H and O–H groups in total. The van der Waals surface area contributed by atoms with E-state index in [1.165, 1.54) is 17.1 Å². The molecule has 0 spiro atoms. The fraction of sp³-hybridized carbons (Fsp3) is 0.167. The molecule has 7 heteroatoms. The van der Waals surface area contributed by atoms with Crippen LogP contribution in [0.15, 0.2) is 30.6 Å². The van der Waals surface area contributed by atoms with Crippen molar-refractivity contribution in [2.24, 2.45) is 0 Å². The van der Waals surface area contributed by atoms with Crippen LogP contribution in [0.2, 0.25) is 0 Å². The number of hydrogen-bond acceptors (Lipinski definition) is 4. The summed E-state index contributed by atoms with van der Waals surface area (Å²) in [4.78, 5) is 26.5. The van der Waals surface area contributed by atoms with Gasteiger partial charge in [0.15, 0.2) is 0 Å². The minimum absolute atomic E-state index is 0.251. The number of anilines is 1. The number of nitrogens with zero attached hydrogens (tertiary/aromatic N) is 3. The van der Waals surface area contributed by atoms with Gasteiger partial charge in [-0.25, -0.2) is 4.98 Å². The zero-order valence-electron chi connectivity index (χ0n) is 10.2. The fourth-order valence-electron chi connectivity index (χ4n) is 1.52. The van der Waals surface area contributed by atoms with E-state index < -0.39 is 5.97 Å². The van der Waals surface area contributed by atoms with E-state index in [9.17, 15) is 9.59 Å². The second-order valence-electron chi connectivity index (χ2n) is 3.94. The quantitative estimate of drug-likeness (QED) is 0.852. The molecule has 0 fully saturated rings. The minimum atomic E-state index is -0.999. The summed E-state index contributed by atoms with van der Waals surface area (Å²) >= 11 is 0. The Kier molecular flexibility index (Phi) is 3.56. The van der Waals surface area contributed by atoms with Gasteiger partial charge in [0.05, 0.1) is 11.9 Å². The van der Waals surface area contributed by atoms with E-state index in [1.807, 2.05) is 0 Å². The van der Waals surface area contributed by atoms with Crippen LogP contribution in [0.5, 0.6) is 0 Å². The molecule has 2 aromatic heterocycles. The van der Waals surface area contributed by atoms with Gasteiger partial charge in [0.1, 0.15) is 12.2 Å². The first-order valence-corrected chi connectivity index (χ1v) is 5.54. The summed E-state index contributed by atoms with van der Waals surface area (Å²) in [6.45, 7) is 1.54. The summed E-state index contributed by atoms with van der Waals surface area (Å²) in [5, 5.41) is 15.0. The Balaban J connectivity index is 2.06. The molecule has 19 heavy (non-hydrogen) atoms. The summed E-state index contributed by atoms with van der Waals surface area (Å²) in [6, 6.07) is 5.14. The predicted octanol–water partition coefficient (Wildman–Crippen LogP) is 0.923. The van der Waals surface area contributed by atoms with Crippen LogP contribution in [0, 0.1) is 6.92 Å². The van der Waals surface area contributed by atoms with E-state index in [0.29, 0.717) is 11.4 Å². The fourth-order valence-corrected chi connectivity index (χ4v) is 1.52. The molecule has 98 valence electrons. The van der Waals surface area contributed by atoms with Gasteiger partial charge in [0, 0.05) is 11.9 Å². The average Bonchev–Trinajstić information content (AvgIpc) is 2.75. The Morgan fingerprint density at radius 2 is 2.21 bits per heavy atom. The van der Waals surface area contributed by atoms with E-state index in [4.69, 9.17) is 5.11 Å². The van der Waals surface area contributed by atoms with E-state index in [0.717, 1.165) is 5.69 Å². The first-order chi connectivity index (χ1) is 9.04. The van der Waals surface area contributed by atoms with Gasteiger partial charge in [-0.1, -0.05) is 6.07 Å². The Morgan fingerprint density at radius 1 is 1.42 bits per heavy atom. The third kappa shape index (κ3) is 3.38. The van der Waals surface area contributed by atoms with Gasteiger partial charge in [-0.3, -0.25) is 14.3 Å². The number of amides is 1. The van der Waals surface area contributed by atoms with Crippen LogP contribution in [0.3, 0.4) is 0 Å². The number of carboxylic acids is 1. The minimum Gasteiger partial charge on any atom is -0.480 e. The lowest BCUT2D eigenvalue weighted by Gasteiger charge is -2.02. The summed E-state index contributed by atoms with van der Waals surface area (Å²) in [7, 11) is 0. The summed E-state index contributed by atoms with van der Waals surface area (Å²) in [5.41, 5.74) is 1.47. The number of aryl methyl sites for hydroxylation is 1. The smallest absolute Gasteiger partial charge is 0.325 e. The molecular weight excluding hydrogens is 248 g/mol. The van der Waals surface area contributed by atoms with Crippen LogP contribution in [0.25, 0.3) is 0 Å². The standard InChI is InChI=1S/C12H12N4O3/c1-8-3-2-4-10(14-8)12(19)15-9-5-13-16(6-9)7-11(17)18/h2-6H,7H2,1H3,(H,15,19)(H,17,18). The van der Waals surface area contributed by atoms with Gasteiger partial charge in [-0.15, -0.1) is 0 Å². The molecule has 0 aliphatic heterocycles. The molecule has 0 saturated carbocycles. The largest absolute Gasteiger partial charge is 0.480 e. The highest BCUT2D eigenvalue weighted by Crippen LogP contribution is 2.07. The van der Waals surface area contributed by atoms with Crippen LogP contribution in [0.1, 0.15) is 16.2 Å². The monoisotopic (exact) mass is 260 g/mol. The highest BCUT2D eigenvalue weighted by Gasteiger charge is 2.09. The molecule has 0 aliphatic rings. The van der Waals surface area contributed by atoms with Crippen molar-refractivity contribution >= 4 is 17.6 Å². The molecule has 7 nitrogen and oxygen atoms in total. The number of pyridine rings is 1. The van der Waals surface area contributed by atoms with Gasteiger partial charge < -0.3 is 10.4 Å². The number of aromatic nitrogens is 3. The Morgan fingerprint density at radius 3 is 2.89 bits per heavy atom. The number of hydrogen-bond donors (Lipinski definition) is 2. The third-order valence-electron chi connectivity index (χ3n) is 2.31. The highest BCUT2D eigenvalue weighted by atomic mass is 16.4. The molecule has 0 saturated heterocycles. The SMILES string of the molecule is Cc1cccc(C(=O)Nc2cnn(CC(=O)O)c2)n1. The van der Waals surface area contributed by atoms with Crippen molar-refractivity contribution in [3.05, 3.63) is 42.0 Å². The van der Waals surface area contributed by atoms with Gasteiger partial charge in [0.25, 0.3) is 5.91 Å². The zero-order chi connectivity index (χ0) is 13.8. The number of aliphatic carboxylic acids is 1. The van der Waals surface area contributed by atoms with Crippen molar-refractivity contribution < 1.29 is 14.7 Å². The van der Waals surface area contributed by atoms with Crippen molar-refractivity contribution in [1.82, 2.24) is 14.8 Å². The zero-order valence-corrected chi connectivity index (χ0v) is 10.2. The molecule has 2 heterocycles. The number of carbonyl (C=O) groups is 2. The van der Waals surface area contributed by atoms with Crippen LogP contribution >= 0.6 is 0 Å². The number of carbonyl (C=O) groups excluding carboxylic acids is 1. The van der Waals surface area contributed by atoms with Gasteiger partial charge in [-0.2, -0.15) is 5.10 Å². The summed E-state index contributed by atoms with van der Waals surface area (Å²) in [6.07, 6.45) is 2.83. The van der Waals surface area contributed by atoms with Crippen molar-refractivity contribution in [1.29, 1.82) is 0 Å². The lowest BCUT2D eigenvalue weighted by atomic mass is 10.3. The van der Waals surface area contributed by atoms with Crippen LogP contribution < -0.4 is 5.32 Å². The van der Waals surface area contributed by atoms with Gasteiger partial charge in [0.2, 0.25) is 0 Å². The molecule has 2 rings (SSSR count). The maximum atomic E-state index is 11.9. The van der Waals surface area contributed by atoms with Crippen LogP contribution in [0.4, 0.5) is 5.69 Å². The predicted molar refractivity (Wildman–Crippen MR) is 66.8 cm³/mol. The molecular formula is C12H12N4O3. The van der Waals surface area contributed by atoms with Gasteiger partial charge >= 0.3 is 5.97 Å². The maximum Gasteiger partial charge on any atom is 0.325 e. The third-order valence-corrected chi connectivity index (χ3v) is 2.31. The first-order valence-electron chi connectivity index (χ1n) is 5.54. The maximum absolute atomic E-state index is 11.9. The topological polar surface area (TPSA) is 97.1 Å². The van der Waals surface area contributed by atoms with Crippen molar-refractivity contribution in [3.8, 4) is 0 Å². The van der Waals surface area contributed by atoms with Crippen LogP contribution in [-0.2, 0) is 11.3 Å². The van der Waals surface area contributed by atoms with Crippen LogP contribution in [-0.4, -0.2) is 31.7 Å². The highest BCUT2D eigenvalue weighted by molar-refractivity contribution is 6.02. The van der Waals surface area contributed by atoms with Crippen molar-refractivity contribution in [2.45, 2.75) is 13.5 Å². The first kappa shape index (κ1) is 12.7. The Hall–Kier alpha value is -2.70. The molecule has 1 amide bonds. The molecule has 0 bridgehead atoms. The summed E-state index contributed by atoms with van der Waals surface area (Å²) in [5.74, 6) is -1.36. The molecule has 0 atom stereocenters.